The molecule has 11 heteroatoms. The monoisotopic (exact) mass is 374 g/mol. The number of hydrogen-bond donors (Lipinski definition) is 2. The normalized spacial score (nSPS) is 27.8. The van der Waals surface area contributed by atoms with Crippen LogP contribution in [0.4, 0.5) is 4.79 Å². The quantitative estimate of drug-likeness (QED) is 0.517. The zero-order chi connectivity index (χ0) is 19.0. The Labute approximate surface area is 145 Å². The van der Waals surface area contributed by atoms with Gasteiger partial charge in [-0.1, -0.05) is 19.6 Å². The van der Waals surface area contributed by atoms with Gasteiger partial charge in [0.15, 0.2) is 0 Å². The SMILES string of the molecule is C[C@@H](OC(=O)N[C@H]1CON(C2(C(=O)O)CCC(=O)O2)C1=O)[Si](C)(C)C. The van der Waals surface area contributed by atoms with Crippen molar-refractivity contribution in [1.82, 2.24) is 10.4 Å². The van der Waals surface area contributed by atoms with Crippen LogP contribution < -0.4 is 5.32 Å². The Kier molecular flexibility index (Phi) is 5.09. The third-order valence-electron chi connectivity index (χ3n) is 4.28. The lowest BCUT2D eigenvalue weighted by atomic mass is 10.1. The van der Waals surface area contributed by atoms with E-state index in [4.69, 9.17) is 14.3 Å². The predicted molar refractivity (Wildman–Crippen MR) is 84.7 cm³/mol. The molecule has 0 saturated carbocycles. The number of carboxylic acid groups (broad SMARTS) is 1. The number of ether oxygens (including phenoxy) is 2. The van der Waals surface area contributed by atoms with Crippen molar-refractivity contribution in [3.8, 4) is 0 Å². The Bertz CT molecular complexity index is 604. The molecule has 0 aliphatic carbocycles. The lowest BCUT2D eigenvalue weighted by Gasteiger charge is -2.30. The predicted octanol–water partition coefficient (Wildman–Crippen LogP) is 0.239. The molecule has 0 aromatic rings. The molecule has 0 aromatic carbocycles. The molecular formula is C14H22N2O8Si. The van der Waals surface area contributed by atoms with Gasteiger partial charge in [-0.15, -0.1) is 0 Å². The number of hydroxylamine groups is 2. The van der Waals surface area contributed by atoms with Crippen molar-refractivity contribution in [3.63, 3.8) is 0 Å². The average molecular weight is 374 g/mol. The second-order valence-electron chi connectivity index (χ2n) is 7.10. The Morgan fingerprint density at radius 1 is 1.40 bits per heavy atom. The third kappa shape index (κ3) is 3.76. The van der Waals surface area contributed by atoms with E-state index in [0.717, 1.165) is 0 Å². The topological polar surface area (TPSA) is 131 Å². The number of alkyl carbamates (subject to hydrolysis) is 1. The number of carbonyl (C=O) groups is 4. The lowest BCUT2D eigenvalue weighted by Crippen LogP contribution is -2.56. The maximum atomic E-state index is 12.4. The van der Waals surface area contributed by atoms with Gasteiger partial charge < -0.3 is 19.9 Å². The van der Waals surface area contributed by atoms with Crippen molar-refractivity contribution < 1.29 is 38.6 Å². The highest BCUT2D eigenvalue weighted by Gasteiger charge is 2.59. The number of cyclic esters (lactones) is 1. The van der Waals surface area contributed by atoms with Crippen LogP contribution >= 0.6 is 0 Å². The molecule has 0 spiro atoms. The molecule has 2 amide bonds. The molecule has 0 radical (unpaired) electrons. The van der Waals surface area contributed by atoms with Crippen molar-refractivity contribution in [2.24, 2.45) is 0 Å². The number of carbonyl (C=O) groups excluding carboxylic acids is 3. The zero-order valence-corrected chi connectivity index (χ0v) is 15.5. The number of esters is 1. The van der Waals surface area contributed by atoms with Gasteiger partial charge in [-0.2, -0.15) is 5.06 Å². The molecule has 2 aliphatic heterocycles. The van der Waals surface area contributed by atoms with Gasteiger partial charge in [-0.3, -0.25) is 14.4 Å². The first kappa shape index (κ1) is 19.2. The van der Waals surface area contributed by atoms with Gasteiger partial charge in [0.1, 0.15) is 12.6 Å². The van der Waals surface area contributed by atoms with E-state index in [9.17, 15) is 24.3 Å². The standard InChI is InChI=1S/C14H22N2O8Si/c1-8(25(2,3)4)23-13(21)15-9-7-22-16(11(9)18)14(12(19)20)6-5-10(17)24-14/h8-9H,5-7H2,1-4H3,(H,15,21)(H,19,20)/t8-,9-,14?/m0/s1. The number of nitrogens with zero attached hydrogens (tertiary/aromatic N) is 1. The highest BCUT2D eigenvalue weighted by Crippen LogP contribution is 2.34. The Balaban J connectivity index is 2.03. The van der Waals surface area contributed by atoms with E-state index in [0.29, 0.717) is 5.06 Å². The molecule has 3 atom stereocenters. The largest absolute Gasteiger partial charge is 0.477 e. The number of amides is 2. The maximum absolute atomic E-state index is 12.4. The van der Waals surface area contributed by atoms with Crippen LogP contribution in [0.3, 0.4) is 0 Å². The summed E-state index contributed by atoms with van der Waals surface area (Å²) in [6, 6.07) is -1.11. The van der Waals surface area contributed by atoms with Gasteiger partial charge in [0.05, 0.1) is 20.2 Å². The van der Waals surface area contributed by atoms with E-state index in [1.54, 1.807) is 6.92 Å². The molecule has 2 heterocycles. The first-order valence-corrected chi connectivity index (χ1v) is 11.4. The molecule has 25 heavy (non-hydrogen) atoms. The molecule has 140 valence electrons. The fourth-order valence-corrected chi connectivity index (χ4v) is 2.73. The van der Waals surface area contributed by atoms with Gasteiger partial charge in [0.2, 0.25) is 0 Å². The minimum atomic E-state index is -2.19. The molecule has 2 N–H and O–H groups in total. The highest BCUT2D eigenvalue weighted by molar-refractivity contribution is 6.77. The summed E-state index contributed by atoms with van der Waals surface area (Å²) in [6.07, 6.45) is -1.16. The van der Waals surface area contributed by atoms with Crippen LogP contribution in [0, 0.1) is 0 Å². The summed E-state index contributed by atoms with van der Waals surface area (Å²) in [5.74, 6) is -3.06. The molecule has 2 fully saturated rings. The molecule has 0 aromatic heterocycles. The fourth-order valence-electron chi connectivity index (χ4n) is 2.27. The number of carboxylic acids is 1. The van der Waals surface area contributed by atoms with Crippen molar-refractivity contribution in [3.05, 3.63) is 0 Å². The van der Waals surface area contributed by atoms with Gasteiger partial charge in [0, 0.05) is 6.42 Å². The van der Waals surface area contributed by atoms with Crippen LogP contribution in [-0.4, -0.2) is 66.3 Å². The third-order valence-corrected chi connectivity index (χ3v) is 6.83. The number of rotatable bonds is 5. The van der Waals surface area contributed by atoms with Gasteiger partial charge >= 0.3 is 23.8 Å². The molecule has 10 nitrogen and oxygen atoms in total. The summed E-state index contributed by atoms with van der Waals surface area (Å²) in [6.45, 7) is 7.59. The number of hydrogen-bond acceptors (Lipinski definition) is 7. The van der Waals surface area contributed by atoms with Gasteiger partial charge in [0.25, 0.3) is 5.91 Å². The summed E-state index contributed by atoms with van der Waals surface area (Å²) in [4.78, 5) is 52.3. The van der Waals surface area contributed by atoms with E-state index in [1.165, 1.54) is 0 Å². The van der Waals surface area contributed by atoms with E-state index in [2.05, 4.69) is 5.32 Å². The molecular weight excluding hydrogens is 352 g/mol. The summed E-state index contributed by atoms with van der Waals surface area (Å²) in [5.41, 5.74) is -2.47. The molecule has 1 unspecified atom stereocenters. The van der Waals surface area contributed by atoms with Crippen LogP contribution in [0.2, 0.25) is 19.6 Å². The van der Waals surface area contributed by atoms with Crippen LogP contribution in [0.15, 0.2) is 0 Å². The summed E-state index contributed by atoms with van der Waals surface area (Å²) >= 11 is 0. The molecule has 0 bridgehead atoms. The maximum Gasteiger partial charge on any atom is 0.407 e. The van der Waals surface area contributed by atoms with Crippen molar-refractivity contribution in [1.29, 1.82) is 0 Å². The summed E-state index contributed by atoms with van der Waals surface area (Å²) < 4.78 is 10.1. The molecule has 2 rings (SSSR count). The van der Waals surface area contributed by atoms with E-state index < -0.39 is 43.8 Å². The summed E-state index contributed by atoms with van der Waals surface area (Å²) in [5, 5.41) is 12.3. The first-order chi connectivity index (χ1) is 11.5. The minimum absolute atomic E-state index is 0.146. The van der Waals surface area contributed by atoms with Crippen molar-refractivity contribution in [2.75, 3.05) is 6.61 Å². The average Bonchev–Trinajstić information content (AvgIpc) is 3.03. The fraction of sp³-hybridized carbons (Fsp3) is 0.714. The van der Waals surface area contributed by atoms with E-state index in [1.807, 2.05) is 19.6 Å². The second kappa shape index (κ2) is 6.63. The number of aliphatic carboxylic acids is 1. The van der Waals surface area contributed by atoms with E-state index in [-0.39, 0.29) is 25.2 Å². The Morgan fingerprint density at radius 3 is 2.52 bits per heavy atom. The Hall–Kier alpha value is -2.14. The zero-order valence-electron chi connectivity index (χ0n) is 14.5. The molecule has 2 aliphatic rings. The van der Waals surface area contributed by atoms with Crippen LogP contribution in [-0.2, 0) is 28.7 Å². The van der Waals surface area contributed by atoms with Crippen LogP contribution in [0.1, 0.15) is 19.8 Å². The highest BCUT2D eigenvalue weighted by atomic mass is 28.3. The van der Waals surface area contributed by atoms with Crippen LogP contribution in [0.5, 0.6) is 0 Å². The molecule has 2 saturated heterocycles. The lowest BCUT2D eigenvalue weighted by molar-refractivity contribution is -0.256. The van der Waals surface area contributed by atoms with E-state index >= 15 is 0 Å². The Morgan fingerprint density at radius 2 is 2.04 bits per heavy atom. The van der Waals surface area contributed by atoms with Crippen molar-refractivity contribution in [2.45, 2.75) is 56.9 Å². The first-order valence-electron chi connectivity index (χ1n) is 7.87. The smallest absolute Gasteiger partial charge is 0.407 e. The minimum Gasteiger partial charge on any atom is -0.477 e. The van der Waals surface area contributed by atoms with Gasteiger partial charge in [-0.05, 0) is 6.92 Å². The van der Waals surface area contributed by atoms with Crippen molar-refractivity contribution >= 4 is 32.0 Å². The number of nitrogens with one attached hydrogen (secondary N) is 1. The second-order valence-corrected chi connectivity index (χ2v) is 12.6. The van der Waals surface area contributed by atoms with Crippen LogP contribution in [0.25, 0.3) is 0 Å². The summed E-state index contributed by atoms with van der Waals surface area (Å²) in [7, 11) is -1.71. The van der Waals surface area contributed by atoms with Gasteiger partial charge in [-0.25, -0.2) is 9.59 Å².